The largest absolute Gasteiger partial charge is 0.334 e. The lowest BCUT2D eigenvalue weighted by Crippen LogP contribution is -2.32. The van der Waals surface area contributed by atoms with Crippen molar-refractivity contribution < 1.29 is 14.0 Å². The smallest absolute Gasteiger partial charge is 0.255 e. The normalized spacial score (nSPS) is 11.3. The van der Waals surface area contributed by atoms with Crippen LogP contribution in [0.3, 0.4) is 0 Å². The molecule has 0 bridgehead atoms. The molecular formula is C28H31ClFN3O2. The first kappa shape index (κ1) is 26.4. The van der Waals surface area contributed by atoms with Gasteiger partial charge in [0.05, 0.1) is 0 Å². The summed E-state index contributed by atoms with van der Waals surface area (Å²) < 4.78 is 13.7. The lowest BCUT2D eigenvalue weighted by molar-refractivity contribution is 0.0741. The minimum absolute atomic E-state index is 0.00118. The van der Waals surface area contributed by atoms with E-state index in [-0.39, 0.29) is 29.3 Å². The van der Waals surface area contributed by atoms with Crippen molar-refractivity contribution in [1.82, 2.24) is 4.90 Å². The number of nitrogens with one attached hydrogen (secondary N) is 1. The molecule has 0 fully saturated rings. The average molecular weight is 496 g/mol. The molecule has 0 unspecified atom stereocenters. The number of carbonyl (C=O) groups is 2. The maximum Gasteiger partial charge on any atom is 0.255 e. The van der Waals surface area contributed by atoms with Crippen LogP contribution in [0.25, 0.3) is 0 Å². The van der Waals surface area contributed by atoms with Gasteiger partial charge in [-0.05, 0) is 78.0 Å². The van der Waals surface area contributed by atoms with Gasteiger partial charge < -0.3 is 16.0 Å². The average Bonchev–Trinajstić information content (AvgIpc) is 2.82. The summed E-state index contributed by atoms with van der Waals surface area (Å²) in [4.78, 5) is 27.5. The number of rotatable bonds is 8. The van der Waals surface area contributed by atoms with E-state index in [0.29, 0.717) is 41.3 Å². The van der Waals surface area contributed by atoms with Gasteiger partial charge in [-0.2, -0.15) is 0 Å². The van der Waals surface area contributed by atoms with Crippen LogP contribution in [0.5, 0.6) is 0 Å². The van der Waals surface area contributed by atoms with Crippen LogP contribution in [0.1, 0.15) is 59.0 Å². The van der Waals surface area contributed by atoms with Gasteiger partial charge in [-0.1, -0.05) is 50.6 Å². The Morgan fingerprint density at radius 3 is 2.34 bits per heavy atom. The second-order valence-corrected chi connectivity index (χ2v) is 9.87. The number of nitrogens with two attached hydrogens (primary N) is 1. The third-order valence-corrected chi connectivity index (χ3v) is 6.04. The Morgan fingerprint density at radius 1 is 1.00 bits per heavy atom. The van der Waals surface area contributed by atoms with Crippen molar-refractivity contribution >= 4 is 29.1 Å². The second kappa shape index (κ2) is 11.5. The standard InChI is InChI=1S/C28H31ClFN3O2/c1-28(2,3)22-10-8-19(9-11-22)26(34)32-24-12-13-25(29)21(17-24)18-33(15-5-14-31)27(35)20-6-4-7-23(30)16-20/h4,6-13,16-17H,5,14-15,18,31H2,1-3H3,(H,32,34). The molecule has 0 aliphatic carbocycles. The molecule has 0 saturated carbocycles. The molecule has 7 heteroatoms. The molecule has 3 aromatic carbocycles. The zero-order valence-electron chi connectivity index (χ0n) is 20.3. The zero-order chi connectivity index (χ0) is 25.6. The maximum atomic E-state index is 13.7. The van der Waals surface area contributed by atoms with Gasteiger partial charge in [-0.25, -0.2) is 4.39 Å². The highest BCUT2D eigenvalue weighted by Gasteiger charge is 2.19. The molecule has 0 aliphatic rings. The van der Waals surface area contributed by atoms with Gasteiger partial charge in [-0.15, -0.1) is 0 Å². The highest BCUT2D eigenvalue weighted by atomic mass is 35.5. The van der Waals surface area contributed by atoms with Crippen LogP contribution in [-0.4, -0.2) is 29.8 Å². The van der Waals surface area contributed by atoms with E-state index >= 15 is 0 Å². The zero-order valence-corrected chi connectivity index (χ0v) is 21.0. The minimum Gasteiger partial charge on any atom is -0.334 e. The molecule has 0 radical (unpaired) electrons. The van der Waals surface area contributed by atoms with Gasteiger partial charge >= 0.3 is 0 Å². The molecule has 35 heavy (non-hydrogen) atoms. The molecule has 0 spiro atoms. The second-order valence-electron chi connectivity index (χ2n) is 9.47. The van der Waals surface area contributed by atoms with E-state index in [1.54, 1.807) is 41.3 Å². The number of amides is 2. The summed E-state index contributed by atoms with van der Waals surface area (Å²) in [6.45, 7) is 7.34. The first-order valence-electron chi connectivity index (χ1n) is 11.5. The van der Waals surface area contributed by atoms with Crippen molar-refractivity contribution in [1.29, 1.82) is 0 Å². The summed E-state index contributed by atoms with van der Waals surface area (Å²) in [5.74, 6) is -1.04. The fourth-order valence-corrected chi connectivity index (χ4v) is 3.82. The van der Waals surface area contributed by atoms with Crippen molar-refractivity contribution in [3.8, 4) is 0 Å². The molecule has 0 atom stereocenters. The Morgan fingerprint density at radius 2 is 1.71 bits per heavy atom. The molecular weight excluding hydrogens is 465 g/mol. The molecule has 0 aromatic heterocycles. The molecule has 3 rings (SSSR count). The molecule has 3 N–H and O–H groups in total. The summed E-state index contributed by atoms with van der Waals surface area (Å²) in [6.07, 6.45) is 0.583. The van der Waals surface area contributed by atoms with E-state index in [9.17, 15) is 14.0 Å². The van der Waals surface area contributed by atoms with Gasteiger partial charge in [0.2, 0.25) is 0 Å². The van der Waals surface area contributed by atoms with Crippen LogP contribution >= 0.6 is 11.6 Å². The molecule has 5 nitrogen and oxygen atoms in total. The molecule has 0 aliphatic heterocycles. The van der Waals surface area contributed by atoms with Gasteiger partial charge in [0, 0.05) is 34.9 Å². The number of carbonyl (C=O) groups excluding carboxylic acids is 2. The summed E-state index contributed by atoms with van der Waals surface area (Å²) in [7, 11) is 0. The Labute approximate surface area is 211 Å². The van der Waals surface area contributed by atoms with Crippen molar-refractivity contribution in [3.63, 3.8) is 0 Å². The highest BCUT2D eigenvalue weighted by Crippen LogP contribution is 2.25. The topological polar surface area (TPSA) is 75.4 Å². The monoisotopic (exact) mass is 495 g/mol. The van der Waals surface area contributed by atoms with Crippen molar-refractivity contribution in [2.75, 3.05) is 18.4 Å². The van der Waals surface area contributed by atoms with Gasteiger partial charge in [0.15, 0.2) is 0 Å². The summed E-state index contributed by atoms with van der Waals surface area (Å²) >= 11 is 6.43. The predicted molar refractivity (Wildman–Crippen MR) is 139 cm³/mol. The van der Waals surface area contributed by atoms with Crippen LogP contribution in [-0.2, 0) is 12.0 Å². The van der Waals surface area contributed by atoms with Crippen LogP contribution in [0.15, 0.2) is 66.7 Å². The van der Waals surface area contributed by atoms with Crippen LogP contribution in [0.4, 0.5) is 10.1 Å². The molecule has 0 saturated heterocycles. The van der Waals surface area contributed by atoms with E-state index in [2.05, 4.69) is 26.1 Å². The van der Waals surface area contributed by atoms with E-state index in [1.807, 2.05) is 12.1 Å². The maximum absolute atomic E-state index is 13.7. The molecule has 184 valence electrons. The summed E-state index contributed by atoms with van der Waals surface area (Å²) in [6, 6.07) is 18.2. The minimum atomic E-state index is -0.479. The Kier molecular flexibility index (Phi) is 8.65. The number of halogens is 2. The van der Waals surface area contributed by atoms with Crippen molar-refractivity contribution in [2.45, 2.75) is 39.2 Å². The first-order valence-corrected chi connectivity index (χ1v) is 11.9. The SMILES string of the molecule is CC(C)(C)c1ccc(C(=O)Nc2ccc(Cl)c(CN(CCCN)C(=O)c3cccc(F)c3)c2)cc1. The van der Waals surface area contributed by atoms with Crippen LogP contribution in [0.2, 0.25) is 5.02 Å². The number of anilines is 1. The van der Waals surface area contributed by atoms with Crippen molar-refractivity contribution in [2.24, 2.45) is 5.73 Å². The number of hydrogen-bond acceptors (Lipinski definition) is 3. The van der Waals surface area contributed by atoms with Crippen molar-refractivity contribution in [3.05, 3.63) is 99.8 Å². The third-order valence-electron chi connectivity index (χ3n) is 5.67. The quantitative estimate of drug-likeness (QED) is 0.401. The fourth-order valence-electron chi connectivity index (χ4n) is 3.64. The summed E-state index contributed by atoms with van der Waals surface area (Å²) in [5.41, 5.74) is 8.82. The summed E-state index contributed by atoms with van der Waals surface area (Å²) in [5, 5.41) is 3.36. The molecule has 0 heterocycles. The molecule has 3 aromatic rings. The van der Waals surface area contributed by atoms with E-state index in [1.165, 1.54) is 18.2 Å². The molecule has 2 amide bonds. The van der Waals surface area contributed by atoms with Gasteiger partial charge in [0.25, 0.3) is 11.8 Å². The predicted octanol–water partition coefficient (Wildman–Crippen LogP) is 6.02. The van der Waals surface area contributed by atoms with Crippen LogP contribution < -0.4 is 11.1 Å². The first-order chi connectivity index (χ1) is 16.6. The van der Waals surface area contributed by atoms with Gasteiger partial charge in [0.1, 0.15) is 5.82 Å². The Bertz CT molecular complexity index is 1190. The van der Waals surface area contributed by atoms with E-state index in [4.69, 9.17) is 17.3 Å². The number of benzene rings is 3. The van der Waals surface area contributed by atoms with E-state index < -0.39 is 5.82 Å². The lowest BCUT2D eigenvalue weighted by Gasteiger charge is -2.24. The third kappa shape index (κ3) is 7.13. The van der Waals surface area contributed by atoms with E-state index in [0.717, 1.165) is 5.56 Å². The lowest BCUT2D eigenvalue weighted by atomic mass is 9.87. The highest BCUT2D eigenvalue weighted by molar-refractivity contribution is 6.31. The fraction of sp³-hybridized carbons (Fsp3) is 0.286. The van der Waals surface area contributed by atoms with Gasteiger partial charge in [-0.3, -0.25) is 9.59 Å². The van der Waals surface area contributed by atoms with Crippen LogP contribution in [0, 0.1) is 5.82 Å². The number of nitrogens with zero attached hydrogens (tertiary/aromatic N) is 1. The Hall–Kier alpha value is -3.22. The number of hydrogen-bond donors (Lipinski definition) is 2. The Balaban J connectivity index is 1.79.